The zero-order chi connectivity index (χ0) is 10.8. The van der Waals surface area contributed by atoms with E-state index in [0.717, 1.165) is 37.1 Å². The Morgan fingerprint density at radius 1 is 1.33 bits per heavy atom. The molecule has 0 bridgehead atoms. The van der Waals surface area contributed by atoms with Gasteiger partial charge in [0.1, 0.15) is 0 Å². The third-order valence-corrected chi connectivity index (χ3v) is 3.05. The Balaban J connectivity index is 2.24. The van der Waals surface area contributed by atoms with Crippen molar-refractivity contribution in [3.05, 3.63) is 34.3 Å². The SMILES string of the molecule is Cc1cc(Cl)ccc1C(=O)N1CCCC1. The van der Waals surface area contributed by atoms with Crippen molar-refractivity contribution in [2.45, 2.75) is 19.8 Å². The van der Waals surface area contributed by atoms with Crippen molar-refractivity contribution in [2.75, 3.05) is 13.1 Å². The number of hydrogen-bond donors (Lipinski definition) is 0. The lowest BCUT2D eigenvalue weighted by molar-refractivity contribution is 0.0792. The van der Waals surface area contributed by atoms with Crippen molar-refractivity contribution in [1.82, 2.24) is 4.90 Å². The molecule has 0 aliphatic carbocycles. The van der Waals surface area contributed by atoms with Gasteiger partial charge in [0.2, 0.25) is 0 Å². The molecule has 1 aliphatic heterocycles. The van der Waals surface area contributed by atoms with E-state index in [4.69, 9.17) is 11.6 Å². The molecule has 1 aromatic rings. The second kappa shape index (κ2) is 4.23. The standard InChI is InChI=1S/C12H14ClNO/c1-9-8-10(13)4-5-11(9)12(15)14-6-2-3-7-14/h4-5,8H,2-3,6-7H2,1H3. The highest BCUT2D eigenvalue weighted by molar-refractivity contribution is 6.30. The third kappa shape index (κ3) is 2.15. The maximum Gasteiger partial charge on any atom is 0.254 e. The van der Waals surface area contributed by atoms with Crippen LogP contribution in [0, 0.1) is 6.92 Å². The van der Waals surface area contributed by atoms with Gasteiger partial charge in [-0.2, -0.15) is 0 Å². The lowest BCUT2D eigenvalue weighted by atomic mass is 10.1. The summed E-state index contributed by atoms with van der Waals surface area (Å²) in [7, 11) is 0. The number of rotatable bonds is 1. The minimum Gasteiger partial charge on any atom is -0.339 e. The van der Waals surface area contributed by atoms with Crippen LogP contribution in [0.15, 0.2) is 18.2 Å². The smallest absolute Gasteiger partial charge is 0.254 e. The molecule has 0 N–H and O–H groups in total. The Bertz CT molecular complexity index is 383. The van der Waals surface area contributed by atoms with E-state index < -0.39 is 0 Å². The van der Waals surface area contributed by atoms with Gasteiger partial charge in [-0.25, -0.2) is 0 Å². The van der Waals surface area contributed by atoms with Gasteiger partial charge in [0.05, 0.1) is 0 Å². The minimum atomic E-state index is 0.140. The van der Waals surface area contributed by atoms with Gasteiger partial charge < -0.3 is 4.90 Å². The van der Waals surface area contributed by atoms with E-state index in [0.29, 0.717) is 5.02 Å². The van der Waals surface area contributed by atoms with Crippen LogP contribution in [0.25, 0.3) is 0 Å². The van der Waals surface area contributed by atoms with Crippen LogP contribution in [-0.2, 0) is 0 Å². The van der Waals surface area contributed by atoms with E-state index in [1.165, 1.54) is 0 Å². The molecule has 0 spiro atoms. The van der Waals surface area contributed by atoms with Crippen LogP contribution < -0.4 is 0 Å². The van der Waals surface area contributed by atoms with E-state index in [2.05, 4.69) is 0 Å². The average molecular weight is 224 g/mol. The number of carbonyl (C=O) groups excluding carboxylic acids is 1. The monoisotopic (exact) mass is 223 g/mol. The fourth-order valence-electron chi connectivity index (χ4n) is 1.96. The van der Waals surface area contributed by atoms with Crippen molar-refractivity contribution in [3.63, 3.8) is 0 Å². The van der Waals surface area contributed by atoms with Gasteiger partial charge in [-0.3, -0.25) is 4.79 Å². The number of carbonyl (C=O) groups is 1. The fraction of sp³-hybridized carbons (Fsp3) is 0.417. The van der Waals surface area contributed by atoms with Gasteiger partial charge in [0, 0.05) is 23.7 Å². The van der Waals surface area contributed by atoms with Crippen molar-refractivity contribution in [2.24, 2.45) is 0 Å². The van der Waals surface area contributed by atoms with Crippen LogP contribution in [0.1, 0.15) is 28.8 Å². The Morgan fingerprint density at radius 3 is 2.60 bits per heavy atom. The summed E-state index contributed by atoms with van der Waals surface area (Å²) >= 11 is 5.86. The molecule has 15 heavy (non-hydrogen) atoms. The molecule has 3 heteroatoms. The third-order valence-electron chi connectivity index (χ3n) is 2.81. The van der Waals surface area contributed by atoms with Crippen LogP contribution in [0.4, 0.5) is 0 Å². The van der Waals surface area contributed by atoms with Crippen molar-refractivity contribution in [3.8, 4) is 0 Å². The normalized spacial score (nSPS) is 15.7. The predicted octanol–water partition coefficient (Wildman–Crippen LogP) is 2.88. The molecule has 0 unspecified atom stereocenters. The van der Waals surface area contributed by atoms with E-state index in [-0.39, 0.29) is 5.91 Å². The van der Waals surface area contributed by atoms with Crippen molar-refractivity contribution >= 4 is 17.5 Å². The predicted molar refractivity (Wildman–Crippen MR) is 61.3 cm³/mol. The van der Waals surface area contributed by atoms with E-state index >= 15 is 0 Å². The Hall–Kier alpha value is -1.02. The first-order valence-corrected chi connectivity index (χ1v) is 5.62. The zero-order valence-corrected chi connectivity index (χ0v) is 9.55. The molecule has 1 aliphatic rings. The van der Waals surface area contributed by atoms with Gasteiger partial charge in [0.25, 0.3) is 5.91 Å². The maximum atomic E-state index is 12.1. The molecule has 1 heterocycles. The van der Waals surface area contributed by atoms with Crippen molar-refractivity contribution in [1.29, 1.82) is 0 Å². The van der Waals surface area contributed by atoms with Crippen molar-refractivity contribution < 1.29 is 4.79 Å². The molecule has 0 saturated carbocycles. The van der Waals surface area contributed by atoms with Gasteiger partial charge in [-0.05, 0) is 43.5 Å². The topological polar surface area (TPSA) is 20.3 Å². The summed E-state index contributed by atoms with van der Waals surface area (Å²) in [6.45, 7) is 3.71. The number of halogens is 1. The Morgan fingerprint density at radius 2 is 2.00 bits per heavy atom. The summed E-state index contributed by atoms with van der Waals surface area (Å²) in [5, 5.41) is 0.686. The lowest BCUT2D eigenvalue weighted by Crippen LogP contribution is -2.28. The van der Waals surface area contributed by atoms with Crippen LogP contribution in [0.3, 0.4) is 0 Å². The molecular formula is C12H14ClNO. The lowest BCUT2D eigenvalue weighted by Gasteiger charge is -2.16. The van der Waals surface area contributed by atoms with E-state index in [9.17, 15) is 4.79 Å². The number of nitrogens with zero attached hydrogens (tertiary/aromatic N) is 1. The fourth-order valence-corrected chi connectivity index (χ4v) is 2.18. The molecule has 1 aromatic carbocycles. The zero-order valence-electron chi connectivity index (χ0n) is 8.79. The molecule has 0 radical (unpaired) electrons. The second-order valence-electron chi connectivity index (χ2n) is 3.96. The first kappa shape index (κ1) is 10.5. The number of likely N-dealkylation sites (tertiary alicyclic amines) is 1. The van der Waals surface area contributed by atoms with Crippen LogP contribution in [0.2, 0.25) is 5.02 Å². The van der Waals surface area contributed by atoms with Crippen LogP contribution in [0.5, 0.6) is 0 Å². The molecule has 1 saturated heterocycles. The molecule has 80 valence electrons. The average Bonchev–Trinajstić information content (AvgIpc) is 2.69. The van der Waals surface area contributed by atoms with Crippen LogP contribution >= 0.6 is 11.6 Å². The molecule has 1 fully saturated rings. The highest BCUT2D eigenvalue weighted by Crippen LogP contribution is 2.19. The van der Waals surface area contributed by atoms with E-state index in [1.54, 1.807) is 6.07 Å². The first-order chi connectivity index (χ1) is 7.18. The Labute approximate surface area is 94.8 Å². The number of amides is 1. The maximum absolute atomic E-state index is 12.1. The second-order valence-corrected chi connectivity index (χ2v) is 4.39. The molecule has 2 rings (SSSR count). The largest absolute Gasteiger partial charge is 0.339 e. The minimum absolute atomic E-state index is 0.140. The quantitative estimate of drug-likeness (QED) is 0.717. The first-order valence-electron chi connectivity index (χ1n) is 5.24. The number of hydrogen-bond acceptors (Lipinski definition) is 1. The summed E-state index contributed by atoms with van der Waals surface area (Å²) < 4.78 is 0. The highest BCUT2D eigenvalue weighted by atomic mass is 35.5. The Kier molecular flexibility index (Phi) is 2.96. The summed E-state index contributed by atoms with van der Waals surface area (Å²) in [5.41, 5.74) is 1.74. The summed E-state index contributed by atoms with van der Waals surface area (Å²) in [6, 6.07) is 5.43. The van der Waals surface area contributed by atoms with Gasteiger partial charge in [-0.15, -0.1) is 0 Å². The molecule has 0 atom stereocenters. The number of aryl methyl sites for hydroxylation is 1. The van der Waals surface area contributed by atoms with E-state index in [1.807, 2.05) is 24.0 Å². The molecule has 0 aromatic heterocycles. The summed E-state index contributed by atoms with van der Waals surface area (Å²) in [4.78, 5) is 14.0. The van der Waals surface area contributed by atoms with Gasteiger partial charge in [-0.1, -0.05) is 11.6 Å². The molecular weight excluding hydrogens is 210 g/mol. The number of benzene rings is 1. The van der Waals surface area contributed by atoms with Gasteiger partial charge >= 0.3 is 0 Å². The van der Waals surface area contributed by atoms with Gasteiger partial charge in [0.15, 0.2) is 0 Å². The van der Waals surface area contributed by atoms with Crippen LogP contribution in [-0.4, -0.2) is 23.9 Å². The molecule has 2 nitrogen and oxygen atoms in total. The summed E-state index contributed by atoms with van der Waals surface area (Å²) in [5.74, 6) is 0.140. The summed E-state index contributed by atoms with van der Waals surface area (Å²) in [6.07, 6.45) is 2.25. The highest BCUT2D eigenvalue weighted by Gasteiger charge is 2.20. The molecule has 1 amide bonds.